The number of nitrogens with zero attached hydrogens (tertiary/aromatic N) is 4. The van der Waals surface area contributed by atoms with Gasteiger partial charge in [-0.2, -0.15) is 0 Å². The standard InChI is InChI=1S/C20H12N4O3/c25-18-10-9-12(24(26)27)11-14(18)20-21-15-6-2-1-5-13(15)19-22-16-7-3-4-8-17(16)23(19)20/h1-11,25H. The van der Waals surface area contributed by atoms with Gasteiger partial charge in [0.1, 0.15) is 11.4 Å². The van der Waals surface area contributed by atoms with Crippen molar-refractivity contribution < 1.29 is 10.0 Å². The molecule has 0 radical (unpaired) electrons. The summed E-state index contributed by atoms with van der Waals surface area (Å²) in [5.41, 5.74) is 3.14. The van der Waals surface area contributed by atoms with Crippen LogP contribution in [0.3, 0.4) is 0 Å². The van der Waals surface area contributed by atoms with Crippen LogP contribution >= 0.6 is 0 Å². The van der Waals surface area contributed by atoms with Crippen LogP contribution in [0.2, 0.25) is 0 Å². The number of hydrogen-bond donors (Lipinski definition) is 1. The van der Waals surface area contributed by atoms with Crippen molar-refractivity contribution in [3.63, 3.8) is 0 Å². The van der Waals surface area contributed by atoms with Crippen LogP contribution < -0.4 is 0 Å². The lowest BCUT2D eigenvalue weighted by atomic mass is 10.1. The fourth-order valence-corrected chi connectivity index (χ4v) is 3.34. The molecule has 2 heterocycles. The fourth-order valence-electron chi connectivity index (χ4n) is 3.34. The normalized spacial score (nSPS) is 11.4. The zero-order chi connectivity index (χ0) is 18.5. The molecule has 0 aliphatic rings. The quantitative estimate of drug-likeness (QED) is 0.376. The van der Waals surface area contributed by atoms with E-state index in [0.717, 1.165) is 16.4 Å². The number of aromatic hydroxyl groups is 1. The van der Waals surface area contributed by atoms with E-state index in [1.54, 1.807) is 0 Å². The predicted molar refractivity (Wildman–Crippen MR) is 102 cm³/mol. The molecule has 0 unspecified atom stereocenters. The van der Waals surface area contributed by atoms with E-state index in [1.165, 1.54) is 18.2 Å². The number of phenols is 1. The summed E-state index contributed by atoms with van der Waals surface area (Å²) in [6.45, 7) is 0. The van der Waals surface area contributed by atoms with E-state index >= 15 is 0 Å². The van der Waals surface area contributed by atoms with Gasteiger partial charge in [0.2, 0.25) is 0 Å². The highest BCUT2D eigenvalue weighted by atomic mass is 16.6. The zero-order valence-electron chi connectivity index (χ0n) is 13.9. The first-order valence-corrected chi connectivity index (χ1v) is 8.27. The monoisotopic (exact) mass is 356 g/mol. The number of rotatable bonds is 2. The molecule has 0 amide bonds. The molecule has 5 rings (SSSR count). The lowest BCUT2D eigenvalue weighted by molar-refractivity contribution is -0.384. The van der Waals surface area contributed by atoms with Crippen LogP contribution in [0.15, 0.2) is 66.7 Å². The summed E-state index contributed by atoms with van der Waals surface area (Å²) in [5.74, 6) is 0.320. The number of aromatic nitrogens is 3. The lowest BCUT2D eigenvalue weighted by Gasteiger charge is -2.10. The smallest absolute Gasteiger partial charge is 0.270 e. The maximum absolute atomic E-state index is 11.2. The summed E-state index contributed by atoms with van der Waals surface area (Å²) in [7, 11) is 0. The van der Waals surface area contributed by atoms with Gasteiger partial charge in [-0.05, 0) is 30.3 Å². The van der Waals surface area contributed by atoms with Crippen molar-refractivity contribution in [2.75, 3.05) is 0 Å². The Morgan fingerprint density at radius 2 is 1.67 bits per heavy atom. The number of imidazole rings is 1. The van der Waals surface area contributed by atoms with Crippen molar-refractivity contribution in [2.45, 2.75) is 0 Å². The van der Waals surface area contributed by atoms with Crippen molar-refractivity contribution in [1.82, 2.24) is 14.4 Å². The summed E-state index contributed by atoms with van der Waals surface area (Å²) < 4.78 is 1.83. The van der Waals surface area contributed by atoms with Gasteiger partial charge in [0.25, 0.3) is 5.69 Å². The van der Waals surface area contributed by atoms with Gasteiger partial charge in [-0.3, -0.25) is 14.5 Å². The molecule has 2 aromatic heterocycles. The highest BCUT2D eigenvalue weighted by molar-refractivity contribution is 5.98. The average molecular weight is 356 g/mol. The van der Waals surface area contributed by atoms with Gasteiger partial charge in [-0.1, -0.05) is 24.3 Å². The first kappa shape index (κ1) is 15.3. The number of nitro benzene ring substituents is 1. The van der Waals surface area contributed by atoms with E-state index in [1.807, 2.05) is 52.9 Å². The van der Waals surface area contributed by atoms with Crippen molar-refractivity contribution in [3.05, 3.63) is 76.8 Å². The molecular weight excluding hydrogens is 344 g/mol. The Kier molecular flexibility index (Phi) is 3.11. The summed E-state index contributed by atoms with van der Waals surface area (Å²) in [6, 6.07) is 19.1. The van der Waals surface area contributed by atoms with Gasteiger partial charge in [-0.15, -0.1) is 0 Å². The first-order chi connectivity index (χ1) is 13.1. The Bertz CT molecular complexity index is 1370. The molecule has 0 saturated carbocycles. The van der Waals surface area contributed by atoms with E-state index in [2.05, 4.69) is 0 Å². The molecule has 7 heteroatoms. The summed E-state index contributed by atoms with van der Waals surface area (Å²) in [4.78, 5) is 20.1. The van der Waals surface area contributed by atoms with Gasteiger partial charge in [-0.25, -0.2) is 9.97 Å². The van der Waals surface area contributed by atoms with Crippen molar-refractivity contribution in [3.8, 4) is 17.1 Å². The number of benzene rings is 3. The van der Waals surface area contributed by atoms with E-state index in [0.29, 0.717) is 17.0 Å². The molecular formula is C20H12N4O3. The SMILES string of the molecule is O=[N+]([O-])c1ccc(O)c(-c2nc3ccccc3c3nc4ccccc4n23)c1. The molecule has 5 aromatic rings. The highest BCUT2D eigenvalue weighted by Gasteiger charge is 2.19. The molecule has 7 nitrogen and oxygen atoms in total. The molecule has 0 atom stereocenters. The molecule has 27 heavy (non-hydrogen) atoms. The zero-order valence-corrected chi connectivity index (χ0v) is 13.9. The number of fused-ring (bicyclic) bond motifs is 5. The Hall–Kier alpha value is -4.00. The van der Waals surface area contributed by atoms with Crippen molar-refractivity contribution in [1.29, 1.82) is 0 Å². The minimum Gasteiger partial charge on any atom is -0.507 e. The number of para-hydroxylation sites is 3. The maximum atomic E-state index is 11.2. The van der Waals surface area contributed by atoms with Gasteiger partial charge in [0.15, 0.2) is 5.82 Å². The fraction of sp³-hybridized carbons (Fsp3) is 0. The largest absolute Gasteiger partial charge is 0.507 e. The predicted octanol–water partition coefficient (Wildman–Crippen LogP) is 4.32. The van der Waals surface area contributed by atoms with Gasteiger partial charge in [0, 0.05) is 17.5 Å². The Morgan fingerprint density at radius 3 is 2.48 bits per heavy atom. The van der Waals surface area contributed by atoms with Crippen LogP contribution in [0.1, 0.15) is 0 Å². The van der Waals surface area contributed by atoms with Crippen molar-refractivity contribution in [2.24, 2.45) is 0 Å². The number of non-ortho nitro benzene ring substituents is 1. The van der Waals surface area contributed by atoms with Crippen LogP contribution in [0.4, 0.5) is 5.69 Å². The third kappa shape index (κ3) is 2.22. The minimum absolute atomic E-state index is 0.0811. The molecule has 0 aliphatic carbocycles. The Labute approximate surface area is 152 Å². The third-order valence-corrected chi connectivity index (χ3v) is 4.58. The third-order valence-electron chi connectivity index (χ3n) is 4.58. The summed E-state index contributed by atoms with van der Waals surface area (Å²) in [5, 5.41) is 22.5. The highest BCUT2D eigenvalue weighted by Crippen LogP contribution is 2.35. The summed E-state index contributed by atoms with van der Waals surface area (Å²) in [6.07, 6.45) is 0. The molecule has 0 spiro atoms. The topological polar surface area (TPSA) is 93.6 Å². The molecule has 1 N–H and O–H groups in total. The average Bonchev–Trinajstić information content (AvgIpc) is 3.07. The van der Waals surface area contributed by atoms with Gasteiger partial charge < -0.3 is 5.11 Å². The van der Waals surface area contributed by atoms with Crippen LogP contribution in [0.25, 0.3) is 39.0 Å². The van der Waals surface area contributed by atoms with Gasteiger partial charge >= 0.3 is 0 Å². The summed E-state index contributed by atoms with van der Waals surface area (Å²) >= 11 is 0. The van der Waals surface area contributed by atoms with E-state index in [-0.39, 0.29) is 17.0 Å². The molecule has 0 bridgehead atoms. The second-order valence-electron chi connectivity index (χ2n) is 6.17. The molecule has 130 valence electrons. The lowest BCUT2D eigenvalue weighted by Crippen LogP contribution is -1.99. The van der Waals surface area contributed by atoms with Crippen LogP contribution in [0.5, 0.6) is 5.75 Å². The minimum atomic E-state index is -0.493. The van der Waals surface area contributed by atoms with Crippen molar-refractivity contribution >= 4 is 33.3 Å². The first-order valence-electron chi connectivity index (χ1n) is 8.27. The van der Waals surface area contributed by atoms with E-state index in [9.17, 15) is 15.2 Å². The van der Waals surface area contributed by atoms with E-state index in [4.69, 9.17) is 9.97 Å². The number of phenolic OH excluding ortho intramolecular Hbond substituents is 1. The molecule has 0 fully saturated rings. The van der Waals surface area contributed by atoms with E-state index < -0.39 is 4.92 Å². The van der Waals surface area contributed by atoms with Gasteiger partial charge in [0.05, 0.1) is 27.0 Å². The van der Waals surface area contributed by atoms with Crippen LogP contribution in [-0.2, 0) is 0 Å². The second kappa shape index (κ2) is 5.50. The Balaban J connectivity index is 2.00. The number of hydrogen-bond acceptors (Lipinski definition) is 5. The van der Waals surface area contributed by atoms with Crippen LogP contribution in [-0.4, -0.2) is 24.4 Å². The molecule has 3 aromatic carbocycles. The Morgan fingerprint density at radius 1 is 0.926 bits per heavy atom. The van der Waals surface area contributed by atoms with Crippen LogP contribution in [0, 0.1) is 10.1 Å². The number of nitro groups is 1. The maximum Gasteiger partial charge on any atom is 0.270 e. The second-order valence-corrected chi connectivity index (χ2v) is 6.17. The molecule has 0 saturated heterocycles. The molecule has 0 aliphatic heterocycles.